The molecule has 1 aromatic carbocycles. The van der Waals surface area contributed by atoms with Gasteiger partial charge in [0.1, 0.15) is 0 Å². The second-order valence-electron chi connectivity index (χ2n) is 6.95. The maximum atomic E-state index is 12.3. The Morgan fingerprint density at radius 2 is 1.65 bits per heavy atom. The van der Waals surface area contributed by atoms with Crippen molar-refractivity contribution in [3.63, 3.8) is 0 Å². The van der Waals surface area contributed by atoms with Crippen molar-refractivity contribution in [2.24, 2.45) is 5.92 Å². The number of piperidine rings is 1. The van der Waals surface area contributed by atoms with Crippen molar-refractivity contribution < 1.29 is 9.59 Å². The van der Waals surface area contributed by atoms with Gasteiger partial charge in [-0.2, -0.15) is 0 Å². The number of carbonyl (C=O) groups excluding carboxylic acids is 2. The molecular weight excluding hydrogens is 352 g/mol. The van der Waals surface area contributed by atoms with Gasteiger partial charge in [0.05, 0.1) is 11.4 Å². The molecule has 0 radical (unpaired) electrons. The number of urea groups is 1. The summed E-state index contributed by atoms with van der Waals surface area (Å²) < 4.78 is 0. The smallest absolute Gasteiger partial charge is 0.321 e. The molecule has 0 atom stereocenters. The topological polar surface area (TPSA) is 73.5 Å². The molecular formula is C19H29ClN4O2. The molecule has 3 rings (SSSR count). The van der Waals surface area contributed by atoms with Crippen molar-refractivity contribution in [2.75, 3.05) is 36.8 Å². The highest BCUT2D eigenvalue weighted by atomic mass is 35.5. The number of hydrogen-bond donors (Lipinski definition) is 3. The van der Waals surface area contributed by atoms with Gasteiger partial charge >= 0.3 is 6.03 Å². The fourth-order valence-electron chi connectivity index (χ4n) is 3.53. The summed E-state index contributed by atoms with van der Waals surface area (Å²) in [4.78, 5) is 26.4. The lowest BCUT2D eigenvalue weighted by Gasteiger charge is -2.22. The number of para-hydroxylation sites is 2. The second-order valence-corrected chi connectivity index (χ2v) is 6.95. The first-order valence-corrected chi connectivity index (χ1v) is 9.38. The molecule has 144 valence electrons. The zero-order valence-corrected chi connectivity index (χ0v) is 15.9. The molecule has 2 saturated heterocycles. The minimum absolute atomic E-state index is 0. The van der Waals surface area contributed by atoms with Gasteiger partial charge in [-0.05, 0) is 63.2 Å². The van der Waals surface area contributed by atoms with Crippen molar-refractivity contribution >= 4 is 35.7 Å². The zero-order chi connectivity index (χ0) is 17.5. The van der Waals surface area contributed by atoms with Crippen LogP contribution in [0.3, 0.4) is 0 Å². The van der Waals surface area contributed by atoms with E-state index in [1.165, 1.54) is 0 Å². The van der Waals surface area contributed by atoms with E-state index in [2.05, 4.69) is 16.0 Å². The Morgan fingerprint density at radius 3 is 2.31 bits per heavy atom. The van der Waals surface area contributed by atoms with Crippen LogP contribution in [0.15, 0.2) is 24.3 Å². The van der Waals surface area contributed by atoms with Crippen LogP contribution < -0.4 is 16.0 Å². The van der Waals surface area contributed by atoms with Gasteiger partial charge < -0.3 is 20.9 Å². The van der Waals surface area contributed by atoms with Crippen LogP contribution in [-0.2, 0) is 4.79 Å². The average Bonchev–Trinajstić information content (AvgIpc) is 3.17. The lowest BCUT2D eigenvalue weighted by molar-refractivity contribution is -0.116. The zero-order valence-electron chi connectivity index (χ0n) is 15.1. The predicted molar refractivity (Wildman–Crippen MR) is 107 cm³/mol. The molecule has 0 saturated carbocycles. The molecule has 0 aromatic heterocycles. The number of likely N-dealkylation sites (tertiary alicyclic amines) is 1. The fraction of sp³-hybridized carbons (Fsp3) is 0.579. The molecule has 3 amide bonds. The van der Waals surface area contributed by atoms with Crippen LogP contribution in [-0.4, -0.2) is 43.0 Å². The third-order valence-corrected chi connectivity index (χ3v) is 5.07. The monoisotopic (exact) mass is 380 g/mol. The fourth-order valence-corrected chi connectivity index (χ4v) is 3.53. The summed E-state index contributed by atoms with van der Waals surface area (Å²) in [5, 5.41) is 9.23. The third kappa shape index (κ3) is 5.88. The van der Waals surface area contributed by atoms with Crippen molar-refractivity contribution in [3.05, 3.63) is 24.3 Å². The van der Waals surface area contributed by atoms with E-state index in [1.54, 1.807) is 0 Å². The molecule has 2 fully saturated rings. The molecule has 1 aromatic rings. The van der Waals surface area contributed by atoms with Crippen LogP contribution >= 0.6 is 12.4 Å². The van der Waals surface area contributed by atoms with Gasteiger partial charge in [-0.1, -0.05) is 12.1 Å². The van der Waals surface area contributed by atoms with Gasteiger partial charge in [0.2, 0.25) is 5.91 Å². The van der Waals surface area contributed by atoms with Crippen LogP contribution in [0.1, 0.15) is 38.5 Å². The standard InChI is InChI=1S/C19H28N4O2.ClH/c24-18(8-7-15-9-11-20-12-10-15)21-16-5-1-2-6-17(16)22-19(25)23-13-3-4-14-23;/h1-2,5-6,15,20H,3-4,7-14H2,(H,21,24)(H,22,25);1H. The maximum Gasteiger partial charge on any atom is 0.321 e. The lowest BCUT2D eigenvalue weighted by Crippen LogP contribution is -2.32. The van der Waals surface area contributed by atoms with Crippen LogP contribution in [0.5, 0.6) is 0 Å². The Kier molecular flexibility index (Phi) is 8.19. The largest absolute Gasteiger partial charge is 0.325 e. The molecule has 6 nitrogen and oxygen atoms in total. The average molecular weight is 381 g/mol. The van der Waals surface area contributed by atoms with Crippen LogP contribution in [0.25, 0.3) is 0 Å². The SMILES string of the molecule is Cl.O=C(CCC1CCNCC1)Nc1ccccc1NC(=O)N1CCCC1. The Balaban J connectivity index is 0.00000243. The number of anilines is 2. The van der Waals surface area contributed by atoms with Crippen LogP contribution in [0, 0.1) is 5.92 Å². The van der Waals surface area contributed by atoms with Crippen LogP contribution in [0.4, 0.5) is 16.2 Å². The molecule has 0 aliphatic carbocycles. The normalized spacial score (nSPS) is 17.5. The highest BCUT2D eigenvalue weighted by molar-refractivity contribution is 5.99. The first kappa shape index (κ1) is 20.5. The minimum Gasteiger partial charge on any atom is -0.325 e. The minimum atomic E-state index is -0.0890. The van der Waals surface area contributed by atoms with Crippen LogP contribution in [0.2, 0.25) is 0 Å². The number of halogens is 1. The second kappa shape index (κ2) is 10.4. The van der Waals surface area contributed by atoms with E-state index in [9.17, 15) is 9.59 Å². The molecule has 2 aliphatic rings. The van der Waals surface area contributed by atoms with E-state index >= 15 is 0 Å². The summed E-state index contributed by atoms with van der Waals surface area (Å²) in [5.41, 5.74) is 1.33. The number of hydrogen-bond acceptors (Lipinski definition) is 3. The molecule has 7 heteroatoms. The first-order chi connectivity index (χ1) is 12.2. The van der Waals surface area contributed by atoms with Crippen molar-refractivity contribution in [2.45, 2.75) is 38.5 Å². The van der Waals surface area contributed by atoms with Crippen molar-refractivity contribution in [1.29, 1.82) is 0 Å². The number of rotatable bonds is 5. The van der Waals surface area contributed by atoms with E-state index in [-0.39, 0.29) is 24.3 Å². The predicted octanol–water partition coefficient (Wildman–Crippen LogP) is 3.45. The van der Waals surface area contributed by atoms with Crippen molar-refractivity contribution in [3.8, 4) is 0 Å². The molecule has 0 unspecified atom stereocenters. The first-order valence-electron chi connectivity index (χ1n) is 9.38. The Labute approximate surface area is 161 Å². The van der Waals surface area contributed by atoms with E-state index in [0.29, 0.717) is 23.7 Å². The number of carbonyl (C=O) groups is 2. The molecule has 3 N–H and O–H groups in total. The summed E-state index contributed by atoms with van der Waals surface area (Å²) in [5.74, 6) is 0.651. The van der Waals surface area contributed by atoms with E-state index in [4.69, 9.17) is 0 Å². The molecule has 2 aliphatic heterocycles. The Bertz CT molecular complexity index is 599. The van der Waals surface area contributed by atoms with Gasteiger partial charge in [-0.25, -0.2) is 4.79 Å². The summed E-state index contributed by atoms with van der Waals surface area (Å²) >= 11 is 0. The third-order valence-electron chi connectivity index (χ3n) is 5.07. The van der Waals surface area contributed by atoms with E-state index < -0.39 is 0 Å². The summed E-state index contributed by atoms with van der Waals surface area (Å²) in [6.07, 6.45) is 5.87. The number of nitrogens with zero attached hydrogens (tertiary/aromatic N) is 1. The quantitative estimate of drug-likeness (QED) is 0.732. The highest BCUT2D eigenvalue weighted by Gasteiger charge is 2.19. The lowest BCUT2D eigenvalue weighted by atomic mass is 9.93. The van der Waals surface area contributed by atoms with Gasteiger partial charge in [0.25, 0.3) is 0 Å². The van der Waals surface area contributed by atoms with E-state index in [1.807, 2.05) is 29.2 Å². The molecule has 0 bridgehead atoms. The van der Waals surface area contributed by atoms with Crippen molar-refractivity contribution in [1.82, 2.24) is 10.2 Å². The van der Waals surface area contributed by atoms with E-state index in [0.717, 1.165) is 58.3 Å². The molecule has 26 heavy (non-hydrogen) atoms. The summed E-state index contributed by atoms with van der Waals surface area (Å²) in [6, 6.07) is 7.31. The van der Waals surface area contributed by atoms with Gasteiger partial charge in [0, 0.05) is 19.5 Å². The number of nitrogens with one attached hydrogen (secondary N) is 3. The van der Waals surface area contributed by atoms with Gasteiger partial charge in [-0.3, -0.25) is 4.79 Å². The summed E-state index contributed by atoms with van der Waals surface area (Å²) in [6.45, 7) is 3.71. The maximum absolute atomic E-state index is 12.3. The molecule has 2 heterocycles. The Hall–Kier alpha value is -1.79. The summed E-state index contributed by atoms with van der Waals surface area (Å²) in [7, 11) is 0. The molecule has 0 spiro atoms. The number of benzene rings is 1. The Morgan fingerprint density at radius 1 is 1.04 bits per heavy atom. The van der Waals surface area contributed by atoms with Gasteiger partial charge in [0.15, 0.2) is 0 Å². The van der Waals surface area contributed by atoms with Gasteiger partial charge in [-0.15, -0.1) is 12.4 Å². The number of amides is 3. The highest BCUT2D eigenvalue weighted by Crippen LogP contribution is 2.23.